The predicted octanol–water partition coefficient (Wildman–Crippen LogP) is 6.15. The maximum atomic E-state index is 12.9. The van der Waals surface area contributed by atoms with Gasteiger partial charge in [0.1, 0.15) is 11.5 Å². The van der Waals surface area contributed by atoms with Crippen molar-refractivity contribution in [3.05, 3.63) is 104 Å². The Morgan fingerprint density at radius 2 is 1.78 bits per heavy atom. The molecule has 0 spiro atoms. The first kappa shape index (κ1) is 23.8. The van der Waals surface area contributed by atoms with Crippen molar-refractivity contribution in [3.63, 3.8) is 0 Å². The third kappa shape index (κ3) is 4.65. The number of nitrogens with zero attached hydrogens (tertiary/aromatic N) is 2. The van der Waals surface area contributed by atoms with E-state index in [0.29, 0.717) is 54.5 Å². The van der Waals surface area contributed by atoms with E-state index >= 15 is 0 Å². The molecule has 0 saturated carbocycles. The fraction of sp³-hybridized carbons (Fsp3) is 0.107. The summed E-state index contributed by atoms with van der Waals surface area (Å²) in [7, 11) is 0. The van der Waals surface area contributed by atoms with Gasteiger partial charge in [-0.2, -0.15) is 0 Å². The van der Waals surface area contributed by atoms with Gasteiger partial charge in [-0.05, 0) is 73.9 Å². The van der Waals surface area contributed by atoms with E-state index in [-0.39, 0.29) is 5.56 Å². The van der Waals surface area contributed by atoms with E-state index in [9.17, 15) is 9.90 Å². The third-order valence-electron chi connectivity index (χ3n) is 5.71. The lowest BCUT2D eigenvalue weighted by atomic mass is 9.98. The maximum Gasteiger partial charge on any atom is 0.256 e. The fourth-order valence-electron chi connectivity index (χ4n) is 3.87. The second kappa shape index (κ2) is 9.29. The maximum absolute atomic E-state index is 12.9. The molecule has 6 nitrogen and oxygen atoms in total. The molecule has 2 aromatic carbocycles. The lowest BCUT2D eigenvalue weighted by Gasteiger charge is -2.20. The van der Waals surface area contributed by atoms with E-state index in [1.54, 1.807) is 44.4 Å². The van der Waals surface area contributed by atoms with Crippen molar-refractivity contribution in [1.82, 2.24) is 15.0 Å². The molecule has 0 radical (unpaired) electrons. The molecule has 36 heavy (non-hydrogen) atoms. The third-order valence-corrected chi connectivity index (χ3v) is 6.30. The first-order valence-corrected chi connectivity index (χ1v) is 11.8. The molecule has 0 aliphatic heterocycles. The Hall–Kier alpha value is -3.89. The molecule has 3 aromatic heterocycles. The standard InChI is InChI=1S/C28H20Cl2N4O2/c1-28(2,36)17-14-21(29)25(22(30)15-17)34-26-19-10-12-32-27(35)24(19)20-13-16(7-9-23(20)33-26)6-8-18-5-3-4-11-31-18/h3-5,7,9-15,36H,1-2H3,(H,32,35)(H,33,34). The highest BCUT2D eigenvalue weighted by molar-refractivity contribution is 6.39. The molecular weight excluding hydrogens is 495 g/mol. The van der Waals surface area contributed by atoms with Crippen molar-refractivity contribution >= 4 is 56.4 Å². The van der Waals surface area contributed by atoms with Gasteiger partial charge in [-0.1, -0.05) is 35.2 Å². The summed E-state index contributed by atoms with van der Waals surface area (Å²) in [5.74, 6) is 6.56. The number of hydrogen-bond donors (Lipinski definition) is 3. The monoisotopic (exact) mass is 514 g/mol. The Kier molecular flexibility index (Phi) is 6.15. The van der Waals surface area contributed by atoms with Crippen molar-refractivity contribution in [1.29, 1.82) is 0 Å². The number of halogens is 2. The zero-order valence-electron chi connectivity index (χ0n) is 19.4. The van der Waals surface area contributed by atoms with Gasteiger partial charge < -0.3 is 15.4 Å². The molecule has 0 fully saturated rings. The van der Waals surface area contributed by atoms with Gasteiger partial charge in [0.05, 0.1) is 32.2 Å². The number of anilines is 2. The number of nitrogens with one attached hydrogen (secondary N) is 2. The van der Waals surface area contributed by atoms with Crippen molar-refractivity contribution in [2.45, 2.75) is 19.4 Å². The van der Waals surface area contributed by atoms with E-state index in [0.717, 1.165) is 5.56 Å². The number of aliphatic hydroxyl groups is 1. The van der Waals surface area contributed by atoms with Crippen LogP contribution in [0.5, 0.6) is 0 Å². The van der Waals surface area contributed by atoms with Crippen molar-refractivity contribution < 1.29 is 5.11 Å². The second-order valence-electron chi connectivity index (χ2n) is 8.75. The lowest BCUT2D eigenvalue weighted by Crippen LogP contribution is -2.15. The Balaban J connectivity index is 1.64. The Bertz CT molecular complexity index is 1720. The zero-order valence-corrected chi connectivity index (χ0v) is 20.9. The highest BCUT2D eigenvalue weighted by Crippen LogP contribution is 2.38. The molecule has 3 heterocycles. The predicted molar refractivity (Wildman–Crippen MR) is 145 cm³/mol. The van der Waals surface area contributed by atoms with E-state index in [2.05, 4.69) is 27.1 Å². The van der Waals surface area contributed by atoms with Crippen LogP contribution in [0.1, 0.15) is 30.7 Å². The van der Waals surface area contributed by atoms with Crippen LogP contribution in [0.15, 0.2) is 71.8 Å². The summed E-state index contributed by atoms with van der Waals surface area (Å²) >= 11 is 13.0. The average Bonchev–Trinajstić information content (AvgIpc) is 2.85. The number of hydrogen-bond acceptors (Lipinski definition) is 5. The Morgan fingerprint density at radius 1 is 1.00 bits per heavy atom. The molecule has 5 aromatic rings. The zero-order chi connectivity index (χ0) is 25.4. The number of aromatic amines is 1. The average molecular weight is 515 g/mol. The minimum atomic E-state index is -1.11. The number of benzene rings is 2. The van der Waals surface area contributed by atoms with E-state index in [1.807, 2.05) is 36.4 Å². The molecule has 0 unspecified atom stereocenters. The first-order chi connectivity index (χ1) is 17.2. The molecule has 0 aliphatic rings. The minimum absolute atomic E-state index is 0.257. The summed E-state index contributed by atoms with van der Waals surface area (Å²) in [6, 6.07) is 16.1. The quantitative estimate of drug-likeness (QED) is 0.198. The van der Waals surface area contributed by atoms with Gasteiger partial charge in [0.25, 0.3) is 5.56 Å². The van der Waals surface area contributed by atoms with Crippen LogP contribution >= 0.6 is 23.2 Å². The van der Waals surface area contributed by atoms with Crippen molar-refractivity contribution in [2.24, 2.45) is 0 Å². The number of pyridine rings is 3. The minimum Gasteiger partial charge on any atom is -0.386 e. The number of rotatable bonds is 3. The Labute approximate surface area is 217 Å². The van der Waals surface area contributed by atoms with Gasteiger partial charge in [-0.15, -0.1) is 0 Å². The number of H-pyrrole nitrogens is 1. The molecular formula is C28H20Cl2N4O2. The summed E-state index contributed by atoms with van der Waals surface area (Å²) in [6.45, 7) is 3.31. The molecule has 3 N–H and O–H groups in total. The highest BCUT2D eigenvalue weighted by atomic mass is 35.5. The molecule has 0 aliphatic carbocycles. The van der Waals surface area contributed by atoms with Gasteiger partial charge in [0, 0.05) is 28.7 Å². The van der Waals surface area contributed by atoms with Gasteiger partial charge in [0.2, 0.25) is 0 Å². The van der Waals surface area contributed by atoms with Gasteiger partial charge in [-0.25, -0.2) is 9.97 Å². The van der Waals surface area contributed by atoms with Crippen LogP contribution < -0.4 is 10.9 Å². The molecule has 0 atom stereocenters. The smallest absolute Gasteiger partial charge is 0.256 e. The first-order valence-electron chi connectivity index (χ1n) is 11.1. The molecule has 0 saturated heterocycles. The number of fused-ring (bicyclic) bond motifs is 3. The topological polar surface area (TPSA) is 90.9 Å². The van der Waals surface area contributed by atoms with E-state index in [4.69, 9.17) is 28.2 Å². The fourth-order valence-corrected chi connectivity index (χ4v) is 4.45. The summed E-state index contributed by atoms with van der Waals surface area (Å²) in [4.78, 5) is 24.7. The van der Waals surface area contributed by atoms with E-state index in [1.165, 1.54) is 0 Å². The summed E-state index contributed by atoms with van der Waals surface area (Å²) < 4.78 is 0. The van der Waals surface area contributed by atoms with Crippen LogP contribution in [0, 0.1) is 11.8 Å². The largest absolute Gasteiger partial charge is 0.386 e. The lowest BCUT2D eigenvalue weighted by molar-refractivity contribution is 0.0786. The SMILES string of the molecule is CC(C)(O)c1cc(Cl)c(Nc2nc3ccc(C#Cc4ccccn4)cc3c3c(=O)[nH]ccc23)c(Cl)c1. The van der Waals surface area contributed by atoms with Crippen LogP contribution in [0.2, 0.25) is 10.0 Å². The Morgan fingerprint density at radius 3 is 2.47 bits per heavy atom. The number of aromatic nitrogens is 3. The summed E-state index contributed by atoms with van der Waals surface area (Å²) in [5.41, 5.74) is 1.63. The molecule has 8 heteroatoms. The molecule has 0 amide bonds. The van der Waals surface area contributed by atoms with Crippen LogP contribution in [-0.4, -0.2) is 20.1 Å². The summed E-state index contributed by atoms with van der Waals surface area (Å²) in [5, 5.41) is 15.9. The van der Waals surface area contributed by atoms with Crippen LogP contribution in [0.25, 0.3) is 21.7 Å². The molecule has 0 bridgehead atoms. The van der Waals surface area contributed by atoms with Crippen LogP contribution in [0.4, 0.5) is 11.5 Å². The highest BCUT2D eigenvalue weighted by Gasteiger charge is 2.21. The van der Waals surface area contributed by atoms with E-state index < -0.39 is 5.60 Å². The van der Waals surface area contributed by atoms with Crippen LogP contribution in [-0.2, 0) is 5.60 Å². The van der Waals surface area contributed by atoms with Crippen LogP contribution in [0.3, 0.4) is 0 Å². The molecule has 5 rings (SSSR count). The molecule has 178 valence electrons. The normalized spacial score (nSPS) is 11.4. The second-order valence-corrected chi connectivity index (χ2v) is 9.57. The van der Waals surface area contributed by atoms with Gasteiger partial charge in [0.15, 0.2) is 0 Å². The van der Waals surface area contributed by atoms with Gasteiger partial charge >= 0.3 is 0 Å². The van der Waals surface area contributed by atoms with Gasteiger partial charge in [-0.3, -0.25) is 4.79 Å². The van der Waals surface area contributed by atoms with Crippen molar-refractivity contribution in [2.75, 3.05) is 5.32 Å². The summed E-state index contributed by atoms with van der Waals surface area (Å²) in [6.07, 6.45) is 3.25. The van der Waals surface area contributed by atoms with Crippen molar-refractivity contribution in [3.8, 4) is 11.8 Å².